The van der Waals surface area contributed by atoms with Gasteiger partial charge in [0.2, 0.25) is 5.91 Å². The number of benzene rings is 1. The Morgan fingerprint density at radius 2 is 1.84 bits per heavy atom. The second-order valence-electron chi connectivity index (χ2n) is 8.80. The summed E-state index contributed by atoms with van der Waals surface area (Å²) >= 11 is 6.18. The summed E-state index contributed by atoms with van der Waals surface area (Å²) in [5, 5.41) is 54.7. The van der Waals surface area contributed by atoms with Crippen molar-refractivity contribution in [1.82, 2.24) is 4.90 Å². The van der Waals surface area contributed by atoms with Crippen molar-refractivity contribution in [2.75, 3.05) is 14.1 Å². The molecule has 0 aromatic heterocycles. The van der Waals surface area contributed by atoms with Gasteiger partial charge >= 0.3 is 0 Å². The number of ketones is 2. The zero-order chi connectivity index (χ0) is 23.9. The Balaban J connectivity index is 1.99. The number of phenolic OH excluding ortho intramolecular Hbond substituents is 1. The van der Waals surface area contributed by atoms with Crippen LogP contribution in [-0.4, -0.2) is 79.7 Å². The number of halogens is 1. The molecule has 1 aromatic carbocycles. The summed E-state index contributed by atoms with van der Waals surface area (Å²) in [6.45, 7) is 0. The van der Waals surface area contributed by atoms with E-state index in [0.717, 1.165) is 6.07 Å². The number of Topliss-reactive ketones (excluding diaryl/α,β-unsaturated/α-hetero) is 2. The van der Waals surface area contributed by atoms with Gasteiger partial charge in [-0.05, 0) is 32.6 Å². The number of aromatic hydroxyl groups is 1. The van der Waals surface area contributed by atoms with E-state index in [1.807, 2.05) is 0 Å². The number of amides is 1. The Kier molecular flexibility index (Phi) is 5.14. The van der Waals surface area contributed by atoms with Gasteiger partial charge in [-0.1, -0.05) is 11.6 Å². The fourth-order valence-corrected chi connectivity index (χ4v) is 5.87. The van der Waals surface area contributed by atoms with Crippen molar-refractivity contribution >= 4 is 29.1 Å². The number of phenols is 1. The average molecular weight is 467 g/mol. The minimum Gasteiger partial charge on any atom is -0.508 e. The second kappa shape index (κ2) is 7.26. The molecule has 1 fully saturated rings. The number of nitrogens with two attached hydrogens (primary N) is 1. The lowest BCUT2D eigenvalue weighted by atomic mass is 9.55. The van der Waals surface area contributed by atoms with Crippen molar-refractivity contribution in [3.8, 4) is 5.75 Å². The lowest BCUT2D eigenvalue weighted by molar-refractivity contribution is -0.179. The van der Waals surface area contributed by atoms with E-state index >= 15 is 0 Å². The highest BCUT2D eigenvalue weighted by Crippen LogP contribution is 2.55. The zero-order valence-electron chi connectivity index (χ0n) is 17.2. The smallest absolute Gasteiger partial charge is 0.230 e. The molecule has 1 saturated carbocycles. The van der Waals surface area contributed by atoms with Gasteiger partial charge in [0.25, 0.3) is 0 Å². The molecular weight excluding hydrogens is 444 g/mol. The number of fused-ring (bicyclic) bond motifs is 3. The van der Waals surface area contributed by atoms with Crippen molar-refractivity contribution in [3.05, 3.63) is 39.6 Å². The summed E-state index contributed by atoms with van der Waals surface area (Å²) in [4.78, 5) is 39.9. The highest BCUT2D eigenvalue weighted by molar-refractivity contribution is 6.32. The lowest BCUT2D eigenvalue weighted by Crippen LogP contribution is -2.71. The first-order valence-corrected chi connectivity index (χ1v) is 10.3. The Morgan fingerprint density at radius 3 is 2.41 bits per heavy atom. The first-order valence-electron chi connectivity index (χ1n) is 9.93. The SMILES string of the molecule is CN(C)[C@@H]1C(O)C(C(N)=O)C(=O)[C@@]2(O)C(O)=C3C(=O)c4c(O)ccc(Cl)c4[C@@H](O)[C@H]3C[C@@H]12. The van der Waals surface area contributed by atoms with Crippen LogP contribution >= 0.6 is 11.6 Å². The van der Waals surface area contributed by atoms with Crippen LogP contribution in [0, 0.1) is 17.8 Å². The molecule has 2 unspecified atom stereocenters. The van der Waals surface area contributed by atoms with Crippen LogP contribution in [0.15, 0.2) is 23.5 Å². The van der Waals surface area contributed by atoms with Gasteiger partial charge < -0.3 is 36.2 Å². The molecule has 10 nitrogen and oxygen atoms in total. The van der Waals surface area contributed by atoms with E-state index in [-0.39, 0.29) is 22.6 Å². The van der Waals surface area contributed by atoms with Crippen molar-refractivity contribution in [2.24, 2.45) is 23.5 Å². The largest absolute Gasteiger partial charge is 0.508 e. The Morgan fingerprint density at radius 1 is 1.22 bits per heavy atom. The van der Waals surface area contributed by atoms with Gasteiger partial charge in [0.05, 0.1) is 17.8 Å². The van der Waals surface area contributed by atoms with E-state index in [2.05, 4.69) is 0 Å². The number of likely N-dealkylation sites (N-methyl/N-ethyl adjacent to an activating group) is 1. The highest BCUT2D eigenvalue weighted by atomic mass is 35.5. The quantitative estimate of drug-likeness (QED) is 0.311. The predicted octanol–water partition coefficient (Wildman–Crippen LogP) is -0.570. The van der Waals surface area contributed by atoms with Crippen LogP contribution in [0.1, 0.15) is 28.4 Å². The molecule has 0 bridgehead atoms. The van der Waals surface area contributed by atoms with E-state index < -0.39 is 76.2 Å². The normalized spacial score (nSPS) is 36.6. The van der Waals surface area contributed by atoms with Crippen molar-refractivity contribution in [2.45, 2.75) is 30.3 Å². The first-order chi connectivity index (χ1) is 14.8. The van der Waals surface area contributed by atoms with Crippen molar-refractivity contribution in [1.29, 1.82) is 0 Å². The molecule has 3 aliphatic rings. The number of rotatable bonds is 2. The summed E-state index contributed by atoms with van der Waals surface area (Å²) in [6.07, 6.45) is -3.25. The first kappa shape index (κ1) is 22.7. The number of aliphatic hydroxyl groups is 4. The summed E-state index contributed by atoms with van der Waals surface area (Å²) in [5.41, 5.74) is 1.79. The number of hydrogen-bond acceptors (Lipinski definition) is 9. The fourth-order valence-electron chi connectivity index (χ4n) is 5.60. The lowest BCUT2D eigenvalue weighted by Gasteiger charge is -2.54. The number of primary amides is 1. The molecule has 0 heterocycles. The van der Waals surface area contributed by atoms with Crippen LogP contribution in [0.5, 0.6) is 5.75 Å². The van der Waals surface area contributed by atoms with Crippen LogP contribution < -0.4 is 5.73 Å². The molecule has 7 atom stereocenters. The van der Waals surface area contributed by atoms with E-state index in [0.29, 0.717) is 0 Å². The minimum absolute atomic E-state index is 0.0238. The third kappa shape index (κ3) is 2.70. The molecule has 0 saturated heterocycles. The summed E-state index contributed by atoms with van der Waals surface area (Å²) in [6, 6.07) is 1.44. The molecule has 11 heteroatoms. The Labute approximate surface area is 187 Å². The molecule has 3 aliphatic carbocycles. The molecule has 0 spiro atoms. The molecule has 32 heavy (non-hydrogen) atoms. The predicted molar refractivity (Wildman–Crippen MR) is 110 cm³/mol. The van der Waals surface area contributed by atoms with Gasteiger partial charge in [-0.3, -0.25) is 14.4 Å². The maximum Gasteiger partial charge on any atom is 0.230 e. The van der Waals surface area contributed by atoms with Gasteiger partial charge in [0.1, 0.15) is 17.4 Å². The van der Waals surface area contributed by atoms with Gasteiger partial charge in [0.15, 0.2) is 17.2 Å². The maximum absolute atomic E-state index is 13.3. The molecule has 1 aromatic rings. The Hall–Kier alpha value is -2.50. The number of carbonyl (C=O) groups is 3. The van der Waals surface area contributed by atoms with Crippen molar-refractivity contribution in [3.63, 3.8) is 0 Å². The number of nitrogens with zero attached hydrogens (tertiary/aromatic N) is 1. The second-order valence-corrected chi connectivity index (χ2v) is 9.20. The Bertz CT molecular complexity index is 1090. The molecule has 1 amide bonds. The van der Waals surface area contributed by atoms with Crippen LogP contribution in [-0.2, 0) is 9.59 Å². The van der Waals surface area contributed by atoms with E-state index in [1.54, 1.807) is 14.1 Å². The summed E-state index contributed by atoms with van der Waals surface area (Å²) in [7, 11) is 3.09. The monoisotopic (exact) mass is 466 g/mol. The van der Waals surface area contributed by atoms with E-state index in [4.69, 9.17) is 17.3 Å². The zero-order valence-corrected chi connectivity index (χ0v) is 17.9. The maximum atomic E-state index is 13.3. The standard InChI is InChI=1S/C21H23ClN2O8/c1-24(2)14-7-5-6-10(16(27)12-9(25)4-3-8(22)11(12)15(6)26)18(29)21(7,32)19(30)13(17(14)28)20(23)31/h3-4,6-7,13-15,17,25-26,28-29,32H,5H2,1-2H3,(H2,23,31)/t6-,7-,13?,14-,15-,17?,21-/m0/s1. The average Bonchev–Trinajstić information content (AvgIpc) is 2.69. The van der Waals surface area contributed by atoms with Crippen LogP contribution in [0.2, 0.25) is 5.02 Å². The van der Waals surface area contributed by atoms with E-state index in [1.165, 1.54) is 11.0 Å². The molecule has 0 radical (unpaired) electrons. The van der Waals surface area contributed by atoms with Gasteiger partial charge in [-0.25, -0.2) is 0 Å². The van der Waals surface area contributed by atoms with Crippen LogP contribution in [0.3, 0.4) is 0 Å². The van der Waals surface area contributed by atoms with Gasteiger partial charge in [-0.15, -0.1) is 0 Å². The molecule has 172 valence electrons. The molecule has 7 N–H and O–H groups in total. The van der Waals surface area contributed by atoms with Gasteiger partial charge in [0, 0.05) is 34.0 Å². The highest BCUT2D eigenvalue weighted by Gasteiger charge is 2.66. The number of hydrogen-bond donors (Lipinski definition) is 6. The number of carbonyl (C=O) groups excluding carboxylic acids is 3. The van der Waals surface area contributed by atoms with Gasteiger partial charge in [-0.2, -0.15) is 0 Å². The molecular formula is C21H23ClN2O8. The topological polar surface area (TPSA) is 182 Å². The fraction of sp³-hybridized carbons (Fsp3) is 0.476. The molecule has 4 rings (SSSR count). The third-order valence-corrected chi connectivity index (χ3v) is 7.34. The van der Waals surface area contributed by atoms with Crippen LogP contribution in [0.4, 0.5) is 0 Å². The summed E-state index contributed by atoms with van der Waals surface area (Å²) in [5.74, 6) is -8.96. The van der Waals surface area contributed by atoms with E-state index in [9.17, 15) is 39.9 Å². The van der Waals surface area contributed by atoms with Crippen LogP contribution in [0.25, 0.3) is 0 Å². The molecule has 0 aliphatic heterocycles. The minimum atomic E-state index is -2.71. The summed E-state index contributed by atoms with van der Waals surface area (Å²) < 4.78 is 0. The number of aliphatic hydroxyl groups excluding tert-OH is 3. The van der Waals surface area contributed by atoms with Crippen molar-refractivity contribution < 1.29 is 39.9 Å². The third-order valence-electron chi connectivity index (χ3n) is 7.01.